The second kappa shape index (κ2) is 5.68. The zero-order chi connectivity index (χ0) is 14.8. The number of nitrogens with zero attached hydrogens (tertiary/aromatic N) is 2. The first-order valence-electron chi connectivity index (χ1n) is 7.56. The number of carbonyl (C=O) groups is 1. The van der Waals surface area contributed by atoms with E-state index in [1.807, 2.05) is 30.0 Å². The molecule has 1 aromatic heterocycles. The lowest BCUT2D eigenvalue weighted by atomic mass is 10.2. The zero-order valence-electron chi connectivity index (χ0n) is 12.7. The van der Waals surface area contributed by atoms with Crippen molar-refractivity contribution in [3.63, 3.8) is 0 Å². The Balaban J connectivity index is 1.82. The summed E-state index contributed by atoms with van der Waals surface area (Å²) in [5, 5.41) is 0. The van der Waals surface area contributed by atoms with E-state index in [4.69, 9.17) is 0 Å². The number of carbonyl (C=O) groups excluding carboxylic acids is 1. The summed E-state index contributed by atoms with van der Waals surface area (Å²) in [5.74, 6) is 0.168. The molecule has 0 atom stereocenters. The summed E-state index contributed by atoms with van der Waals surface area (Å²) in [7, 11) is 0. The molecule has 1 aliphatic heterocycles. The molecular weight excluding hydrogens is 260 g/mol. The predicted octanol–water partition coefficient (Wildman–Crippen LogP) is 2.43. The second-order valence-corrected chi connectivity index (χ2v) is 5.58. The molecule has 0 saturated heterocycles. The normalized spacial score (nSPS) is 13.3. The molecule has 0 spiro atoms. The monoisotopic (exact) mass is 281 g/mol. The summed E-state index contributed by atoms with van der Waals surface area (Å²) in [6.45, 7) is 5.39. The van der Waals surface area contributed by atoms with Gasteiger partial charge in [0.05, 0.1) is 0 Å². The van der Waals surface area contributed by atoms with Crippen LogP contribution in [-0.4, -0.2) is 12.5 Å². The van der Waals surface area contributed by atoms with Gasteiger partial charge >= 0.3 is 0 Å². The molecule has 108 valence electrons. The molecule has 1 aromatic carbocycles. The van der Waals surface area contributed by atoms with Crippen LogP contribution in [0.3, 0.4) is 0 Å². The molecule has 0 fully saturated rings. The third-order valence-corrected chi connectivity index (χ3v) is 4.22. The van der Waals surface area contributed by atoms with Gasteiger partial charge in [0.2, 0.25) is 6.54 Å². The Morgan fingerprint density at radius 2 is 2.05 bits per heavy atom. The largest absolute Gasteiger partial charge is 0.306 e. The van der Waals surface area contributed by atoms with Crippen LogP contribution in [0.1, 0.15) is 23.7 Å². The van der Waals surface area contributed by atoms with Gasteiger partial charge in [-0.25, -0.2) is 0 Å². The number of aromatic nitrogens is 1. The van der Waals surface area contributed by atoms with Crippen LogP contribution in [0.4, 0.5) is 5.69 Å². The van der Waals surface area contributed by atoms with E-state index < -0.39 is 0 Å². The first kappa shape index (κ1) is 13.8. The van der Waals surface area contributed by atoms with Gasteiger partial charge in [0.1, 0.15) is 0 Å². The second-order valence-electron chi connectivity index (χ2n) is 5.58. The molecule has 3 rings (SSSR count). The molecule has 21 heavy (non-hydrogen) atoms. The van der Waals surface area contributed by atoms with Crippen LogP contribution in [0.2, 0.25) is 0 Å². The molecule has 0 radical (unpaired) electrons. The molecular formula is C18H21N2O+. The Morgan fingerprint density at radius 1 is 1.24 bits per heavy atom. The van der Waals surface area contributed by atoms with Gasteiger partial charge in [-0.15, -0.1) is 0 Å². The van der Waals surface area contributed by atoms with E-state index in [9.17, 15) is 4.79 Å². The third-order valence-electron chi connectivity index (χ3n) is 4.22. The number of benzene rings is 1. The van der Waals surface area contributed by atoms with Crippen molar-refractivity contribution < 1.29 is 9.36 Å². The van der Waals surface area contributed by atoms with Crippen LogP contribution < -0.4 is 9.47 Å². The minimum absolute atomic E-state index is 0.168. The van der Waals surface area contributed by atoms with E-state index >= 15 is 0 Å². The first-order valence-corrected chi connectivity index (χ1v) is 7.56. The number of aryl methyl sites for hydroxylation is 2. The Hall–Kier alpha value is -2.16. The van der Waals surface area contributed by atoms with Crippen molar-refractivity contribution in [3.05, 3.63) is 59.4 Å². The number of hydrogen-bond acceptors (Lipinski definition) is 1. The predicted molar refractivity (Wildman–Crippen MR) is 83.3 cm³/mol. The summed E-state index contributed by atoms with van der Waals surface area (Å²) < 4.78 is 2.06. The highest BCUT2D eigenvalue weighted by molar-refractivity contribution is 5.94. The Kier molecular flexibility index (Phi) is 3.74. The summed E-state index contributed by atoms with van der Waals surface area (Å²) in [5.41, 5.74) is 4.73. The number of para-hydroxylation sites is 1. The van der Waals surface area contributed by atoms with E-state index in [2.05, 4.69) is 35.9 Å². The van der Waals surface area contributed by atoms with Gasteiger partial charge in [-0.2, -0.15) is 4.57 Å². The van der Waals surface area contributed by atoms with Gasteiger partial charge in [-0.05, 0) is 30.5 Å². The van der Waals surface area contributed by atoms with Crippen LogP contribution in [0.25, 0.3) is 0 Å². The minimum atomic E-state index is 0.168. The number of hydrogen-bond donors (Lipinski definition) is 0. The van der Waals surface area contributed by atoms with Crippen molar-refractivity contribution in [2.75, 3.05) is 11.4 Å². The van der Waals surface area contributed by atoms with E-state index in [-0.39, 0.29) is 5.91 Å². The highest BCUT2D eigenvalue weighted by Gasteiger charge is 2.26. The fourth-order valence-electron chi connectivity index (χ4n) is 2.88. The fraction of sp³-hybridized carbons (Fsp3) is 0.333. The lowest BCUT2D eigenvalue weighted by Gasteiger charge is -2.15. The molecule has 1 aliphatic rings. The molecule has 0 unspecified atom stereocenters. The van der Waals surface area contributed by atoms with E-state index in [0.717, 1.165) is 30.8 Å². The Labute approximate surface area is 125 Å². The van der Waals surface area contributed by atoms with Gasteiger partial charge in [0.25, 0.3) is 5.91 Å². The standard InChI is InChI=1S/C18H21N2O/c1-3-15-9-8-14(2)19(12-15)13-18(21)20-11-10-16-6-4-5-7-17(16)20/h4-9,12H,3,10-11,13H2,1-2H3/q+1. The number of amides is 1. The smallest absolute Gasteiger partial charge is 0.292 e. The third kappa shape index (κ3) is 2.68. The lowest BCUT2D eigenvalue weighted by Crippen LogP contribution is -2.46. The topological polar surface area (TPSA) is 24.2 Å². The average molecular weight is 281 g/mol. The SMILES string of the molecule is CCc1ccc(C)[n+](CC(=O)N2CCc3ccccc32)c1. The van der Waals surface area contributed by atoms with Crippen molar-refractivity contribution in [1.82, 2.24) is 0 Å². The molecule has 0 aliphatic carbocycles. The molecule has 1 amide bonds. The van der Waals surface area contributed by atoms with Crippen molar-refractivity contribution >= 4 is 11.6 Å². The highest BCUT2D eigenvalue weighted by Crippen LogP contribution is 2.27. The van der Waals surface area contributed by atoms with Crippen molar-refractivity contribution in [2.45, 2.75) is 33.2 Å². The maximum atomic E-state index is 12.6. The summed E-state index contributed by atoms with van der Waals surface area (Å²) in [6, 6.07) is 12.4. The zero-order valence-corrected chi connectivity index (χ0v) is 12.7. The number of pyridine rings is 1. The fourth-order valence-corrected chi connectivity index (χ4v) is 2.88. The molecule has 3 heteroatoms. The maximum absolute atomic E-state index is 12.6. The molecule has 0 saturated carbocycles. The van der Waals surface area contributed by atoms with E-state index in [0.29, 0.717) is 6.54 Å². The molecule has 2 heterocycles. The highest BCUT2D eigenvalue weighted by atomic mass is 16.2. The van der Waals surface area contributed by atoms with Crippen LogP contribution in [-0.2, 0) is 24.2 Å². The van der Waals surface area contributed by atoms with Crippen LogP contribution >= 0.6 is 0 Å². The van der Waals surface area contributed by atoms with Gasteiger partial charge in [0.15, 0.2) is 11.9 Å². The average Bonchev–Trinajstić information content (AvgIpc) is 2.93. The van der Waals surface area contributed by atoms with Crippen LogP contribution in [0, 0.1) is 6.92 Å². The van der Waals surface area contributed by atoms with Gasteiger partial charge in [-0.3, -0.25) is 4.79 Å². The number of rotatable bonds is 3. The van der Waals surface area contributed by atoms with Crippen molar-refractivity contribution in [3.8, 4) is 0 Å². The van der Waals surface area contributed by atoms with Gasteiger partial charge in [-0.1, -0.05) is 25.1 Å². The van der Waals surface area contributed by atoms with Crippen molar-refractivity contribution in [1.29, 1.82) is 0 Å². The Bertz CT molecular complexity index is 679. The number of anilines is 1. The van der Waals surface area contributed by atoms with E-state index in [1.54, 1.807) is 0 Å². The van der Waals surface area contributed by atoms with Gasteiger partial charge < -0.3 is 4.90 Å². The maximum Gasteiger partial charge on any atom is 0.292 e. The molecule has 2 aromatic rings. The molecule has 0 bridgehead atoms. The first-order chi connectivity index (χ1) is 10.2. The quantitative estimate of drug-likeness (QED) is 0.793. The van der Waals surface area contributed by atoms with Crippen LogP contribution in [0.15, 0.2) is 42.6 Å². The summed E-state index contributed by atoms with van der Waals surface area (Å²) in [4.78, 5) is 14.6. The van der Waals surface area contributed by atoms with E-state index in [1.165, 1.54) is 11.1 Å². The van der Waals surface area contributed by atoms with Gasteiger partial charge in [0, 0.05) is 30.8 Å². The van der Waals surface area contributed by atoms with Crippen molar-refractivity contribution in [2.24, 2.45) is 0 Å². The summed E-state index contributed by atoms with van der Waals surface area (Å²) in [6.07, 6.45) is 4.04. The molecule has 0 N–H and O–H groups in total. The lowest BCUT2D eigenvalue weighted by molar-refractivity contribution is -0.690. The Morgan fingerprint density at radius 3 is 2.86 bits per heavy atom. The van der Waals surface area contributed by atoms with Crippen LogP contribution in [0.5, 0.6) is 0 Å². The minimum Gasteiger partial charge on any atom is -0.306 e. The number of fused-ring (bicyclic) bond motifs is 1. The molecule has 3 nitrogen and oxygen atoms in total. The summed E-state index contributed by atoms with van der Waals surface area (Å²) >= 11 is 0.